The van der Waals surface area contributed by atoms with Crippen LogP contribution in [0.5, 0.6) is 5.75 Å². The SMILES string of the molecule is CCOc1ccc(C(=O)N[C@H](C(=O)NCC(=O)Nc2c(C)cccc2C)C(C)C)cc1. The quantitative estimate of drug-likeness (QED) is 0.575. The zero-order valence-electron chi connectivity index (χ0n) is 18.7. The lowest BCUT2D eigenvalue weighted by molar-refractivity contribution is -0.126. The Labute approximate surface area is 183 Å². The fraction of sp³-hybridized carbons (Fsp3) is 0.375. The van der Waals surface area contributed by atoms with Crippen molar-refractivity contribution in [2.45, 2.75) is 40.7 Å². The highest BCUT2D eigenvalue weighted by Gasteiger charge is 2.25. The predicted octanol–water partition coefficient (Wildman–Crippen LogP) is 3.21. The summed E-state index contributed by atoms with van der Waals surface area (Å²) >= 11 is 0. The minimum absolute atomic E-state index is 0.159. The zero-order chi connectivity index (χ0) is 23.0. The van der Waals surface area contributed by atoms with Crippen molar-refractivity contribution in [3.8, 4) is 5.75 Å². The van der Waals surface area contributed by atoms with E-state index >= 15 is 0 Å². The molecule has 0 aliphatic carbocycles. The van der Waals surface area contributed by atoms with E-state index < -0.39 is 11.9 Å². The second-order valence-corrected chi connectivity index (χ2v) is 7.69. The minimum Gasteiger partial charge on any atom is -0.494 e. The van der Waals surface area contributed by atoms with E-state index in [4.69, 9.17) is 4.74 Å². The number of anilines is 1. The number of aryl methyl sites for hydroxylation is 2. The van der Waals surface area contributed by atoms with Crippen LogP contribution in [0.2, 0.25) is 0 Å². The lowest BCUT2D eigenvalue weighted by Crippen LogP contribution is -2.51. The molecule has 2 aromatic rings. The number of amides is 3. The Kier molecular flexibility index (Phi) is 8.61. The summed E-state index contributed by atoms with van der Waals surface area (Å²) in [6.07, 6.45) is 0. The molecule has 3 amide bonds. The van der Waals surface area contributed by atoms with Gasteiger partial charge in [0.2, 0.25) is 11.8 Å². The van der Waals surface area contributed by atoms with E-state index in [0.29, 0.717) is 17.9 Å². The van der Waals surface area contributed by atoms with Crippen LogP contribution in [0.25, 0.3) is 0 Å². The maximum atomic E-state index is 12.7. The predicted molar refractivity (Wildman–Crippen MR) is 121 cm³/mol. The van der Waals surface area contributed by atoms with Crippen LogP contribution >= 0.6 is 0 Å². The van der Waals surface area contributed by atoms with Gasteiger partial charge < -0.3 is 20.7 Å². The van der Waals surface area contributed by atoms with Crippen molar-refractivity contribution in [2.24, 2.45) is 5.92 Å². The summed E-state index contributed by atoms with van der Waals surface area (Å²) in [6.45, 7) is 9.72. The van der Waals surface area contributed by atoms with Crippen LogP contribution in [0.1, 0.15) is 42.3 Å². The van der Waals surface area contributed by atoms with E-state index in [1.54, 1.807) is 24.3 Å². The number of hydrogen-bond donors (Lipinski definition) is 3. The normalized spacial score (nSPS) is 11.5. The fourth-order valence-electron chi connectivity index (χ4n) is 3.10. The van der Waals surface area contributed by atoms with E-state index in [1.165, 1.54) is 0 Å². The third-order valence-electron chi connectivity index (χ3n) is 4.83. The Morgan fingerprint density at radius 2 is 1.58 bits per heavy atom. The van der Waals surface area contributed by atoms with Crippen LogP contribution in [0.15, 0.2) is 42.5 Å². The van der Waals surface area contributed by atoms with Gasteiger partial charge in [0.1, 0.15) is 11.8 Å². The van der Waals surface area contributed by atoms with Crippen LogP contribution in [-0.4, -0.2) is 36.9 Å². The summed E-state index contributed by atoms with van der Waals surface area (Å²) in [6, 6.07) is 11.7. The molecular formula is C24H31N3O4. The number of carbonyl (C=O) groups excluding carboxylic acids is 3. The molecule has 0 aliphatic heterocycles. The summed E-state index contributed by atoms with van der Waals surface area (Å²) in [7, 11) is 0. The van der Waals surface area contributed by atoms with Crippen LogP contribution in [0.4, 0.5) is 5.69 Å². The van der Waals surface area contributed by atoms with Gasteiger partial charge in [0.25, 0.3) is 5.91 Å². The third-order valence-corrected chi connectivity index (χ3v) is 4.83. The first kappa shape index (κ1) is 23.9. The third kappa shape index (κ3) is 6.84. The molecule has 31 heavy (non-hydrogen) atoms. The molecule has 166 valence electrons. The van der Waals surface area contributed by atoms with Crippen molar-refractivity contribution in [3.05, 3.63) is 59.2 Å². The molecule has 2 rings (SSSR count). The summed E-state index contributed by atoms with van der Waals surface area (Å²) in [4.78, 5) is 37.5. The molecule has 0 unspecified atom stereocenters. The van der Waals surface area contributed by atoms with Gasteiger partial charge in [-0.05, 0) is 62.1 Å². The summed E-state index contributed by atoms with van der Waals surface area (Å²) in [5.74, 6) is -0.589. The topological polar surface area (TPSA) is 96.5 Å². The molecule has 0 aromatic heterocycles. The van der Waals surface area contributed by atoms with Gasteiger partial charge in [-0.25, -0.2) is 0 Å². The van der Waals surface area contributed by atoms with Gasteiger partial charge >= 0.3 is 0 Å². The van der Waals surface area contributed by atoms with Gasteiger partial charge in [-0.1, -0.05) is 32.0 Å². The molecule has 0 heterocycles. The van der Waals surface area contributed by atoms with E-state index in [1.807, 2.05) is 52.8 Å². The molecule has 0 saturated heterocycles. The van der Waals surface area contributed by atoms with E-state index in [0.717, 1.165) is 16.8 Å². The van der Waals surface area contributed by atoms with Gasteiger partial charge in [-0.3, -0.25) is 14.4 Å². The molecular weight excluding hydrogens is 394 g/mol. The van der Waals surface area contributed by atoms with Crippen molar-refractivity contribution in [3.63, 3.8) is 0 Å². The second kappa shape index (κ2) is 11.2. The number of nitrogens with one attached hydrogen (secondary N) is 3. The van der Waals surface area contributed by atoms with E-state index in [9.17, 15) is 14.4 Å². The first-order chi connectivity index (χ1) is 14.7. The standard InChI is InChI=1S/C24H31N3O4/c1-6-31-19-12-10-18(11-13-19)23(29)27-21(15(2)3)24(30)25-14-20(28)26-22-16(4)8-7-9-17(22)5/h7-13,15,21H,6,14H2,1-5H3,(H,25,30)(H,26,28)(H,27,29)/t21-/m0/s1. The average molecular weight is 426 g/mol. The maximum absolute atomic E-state index is 12.7. The Morgan fingerprint density at radius 3 is 2.13 bits per heavy atom. The van der Waals surface area contributed by atoms with Gasteiger partial charge in [-0.15, -0.1) is 0 Å². The first-order valence-electron chi connectivity index (χ1n) is 10.4. The lowest BCUT2D eigenvalue weighted by Gasteiger charge is -2.22. The number of benzene rings is 2. The van der Waals surface area contributed by atoms with Crippen molar-refractivity contribution in [1.82, 2.24) is 10.6 Å². The summed E-state index contributed by atoms with van der Waals surface area (Å²) in [5, 5.41) is 8.20. The molecule has 1 atom stereocenters. The molecule has 3 N–H and O–H groups in total. The molecule has 7 nitrogen and oxygen atoms in total. The Balaban J connectivity index is 1.95. The molecule has 0 bridgehead atoms. The average Bonchev–Trinajstić information content (AvgIpc) is 2.73. The molecule has 0 aliphatic rings. The Morgan fingerprint density at radius 1 is 0.968 bits per heavy atom. The summed E-state index contributed by atoms with van der Waals surface area (Å²) in [5.41, 5.74) is 3.06. The summed E-state index contributed by atoms with van der Waals surface area (Å²) < 4.78 is 5.38. The zero-order valence-corrected chi connectivity index (χ0v) is 18.7. The van der Waals surface area contributed by atoms with Crippen molar-refractivity contribution in [1.29, 1.82) is 0 Å². The number of ether oxygens (including phenoxy) is 1. The Bertz CT molecular complexity index is 903. The minimum atomic E-state index is -0.771. The largest absolute Gasteiger partial charge is 0.494 e. The van der Waals surface area contributed by atoms with Crippen LogP contribution < -0.4 is 20.7 Å². The van der Waals surface area contributed by atoms with Crippen LogP contribution in [0.3, 0.4) is 0 Å². The highest BCUT2D eigenvalue weighted by molar-refractivity contribution is 5.99. The number of para-hydroxylation sites is 1. The number of carbonyl (C=O) groups is 3. The van der Waals surface area contributed by atoms with Crippen molar-refractivity contribution >= 4 is 23.4 Å². The second-order valence-electron chi connectivity index (χ2n) is 7.69. The molecule has 0 radical (unpaired) electrons. The van der Waals surface area contributed by atoms with Crippen molar-refractivity contribution in [2.75, 3.05) is 18.5 Å². The highest BCUT2D eigenvalue weighted by Crippen LogP contribution is 2.19. The molecule has 0 spiro atoms. The number of hydrogen-bond acceptors (Lipinski definition) is 4. The molecule has 2 aromatic carbocycles. The highest BCUT2D eigenvalue weighted by atomic mass is 16.5. The Hall–Kier alpha value is -3.35. The van der Waals surface area contributed by atoms with Gasteiger partial charge in [0.15, 0.2) is 0 Å². The smallest absolute Gasteiger partial charge is 0.251 e. The van der Waals surface area contributed by atoms with Gasteiger partial charge in [0.05, 0.1) is 13.2 Å². The lowest BCUT2D eigenvalue weighted by atomic mass is 10.0. The van der Waals surface area contributed by atoms with Gasteiger partial charge in [-0.2, -0.15) is 0 Å². The first-order valence-corrected chi connectivity index (χ1v) is 10.4. The maximum Gasteiger partial charge on any atom is 0.251 e. The monoisotopic (exact) mass is 425 g/mol. The van der Waals surface area contributed by atoms with Crippen LogP contribution in [0, 0.1) is 19.8 Å². The van der Waals surface area contributed by atoms with E-state index in [2.05, 4.69) is 16.0 Å². The van der Waals surface area contributed by atoms with Crippen molar-refractivity contribution < 1.29 is 19.1 Å². The molecule has 0 fully saturated rings. The van der Waals surface area contributed by atoms with Gasteiger partial charge in [0, 0.05) is 11.3 Å². The molecule has 0 saturated carbocycles. The fourth-order valence-corrected chi connectivity index (χ4v) is 3.10. The van der Waals surface area contributed by atoms with E-state index in [-0.39, 0.29) is 24.3 Å². The number of rotatable bonds is 9. The molecule has 7 heteroatoms. The van der Waals surface area contributed by atoms with Crippen LogP contribution in [-0.2, 0) is 9.59 Å².